The number of nitrogens with one attached hydrogen (secondary N) is 1. The first-order chi connectivity index (χ1) is 11.6. The number of rotatable bonds is 4. The molecule has 1 aliphatic carbocycles. The largest absolute Gasteiger partial charge is 0.337 e. The average molecular weight is 329 g/mol. The van der Waals surface area contributed by atoms with Crippen molar-refractivity contribution in [1.29, 1.82) is 0 Å². The first-order valence-corrected chi connectivity index (χ1v) is 8.28. The summed E-state index contributed by atoms with van der Waals surface area (Å²) in [6.07, 6.45) is 4.60. The molecule has 1 aliphatic heterocycles. The maximum absolute atomic E-state index is 13.0. The van der Waals surface area contributed by atoms with Gasteiger partial charge in [-0.3, -0.25) is 0 Å². The summed E-state index contributed by atoms with van der Waals surface area (Å²) < 4.78 is 14.8. The number of hydrogen-bond acceptors (Lipinski definition) is 3. The van der Waals surface area contributed by atoms with Crippen molar-refractivity contribution in [3.8, 4) is 0 Å². The SMILES string of the molecule is O=C(NCC1(Cc2ccc(F)cc2)CC1)N1CCn2ncnc2C1. The molecule has 1 N–H and O–H groups in total. The lowest BCUT2D eigenvalue weighted by atomic mass is 9.96. The molecule has 2 amide bonds. The molecule has 1 aromatic carbocycles. The number of aromatic nitrogens is 3. The van der Waals surface area contributed by atoms with E-state index in [1.165, 1.54) is 18.5 Å². The molecule has 1 aromatic heterocycles. The van der Waals surface area contributed by atoms with Gasteiger partial charge in [0.25, 0.3) is 0 Å². The van der Waals surface area contributed by atoms with Gasteiger partial charge in [0.05, 0.1) is 13.1 Å². The van der Waals surface area contributed by atoms with Gasteiger partial charge in [0.2, 0.25) is 0 Å². The van der Waals surface area contributed by atoms with Crippen molar-refractivity contribution in [3.05, 3.63) is 47.8 Å². The zero-order valence-corrected chi connectivity index (χ0v) is 13.4. The number of benzene rings is 1. The Balaban J connectivity index is 1.31. The summed E-state index contributed by atoms with van der Waals surface area (Å²) in [7, 11) is 0. The van der Waals surface area contributed by atoms with Crippen molar-refractivity contribution in [2.75, 3.05) is 13.1 Å². The summed E-state index contributed by atoms with van der Waals surface area (Å²) in [5.41, 5.74) is 1.25. The zero-order chi connectivity index (χ0) is 16.6. The molecule has 24 heavy (non-hydrogen) atoms. The highest BCUT2D eigenvalue weighted by Crippen LogP contribution is 2.47. The highest BCUT2D eigenvalue weighted by atomic mass is 19.1. The summed E-state index contributed by atoms with van der Waals surface area (Å²) >= 11 is 0. The van der Waals surface area contributed by atoms with E-state index in [1.54, 1.807) is 4.90 Å². The second-order valence-electron chi connectivity index (χ2n) is 6.78. The van der Waals surface area contributed by atoms with Crippen molar-refractivity contribution >= 4 is 6.03 Å². The van der Waals surface area contributed by atoms with Gasteiger partial charge >= 0.3 is 6.03 Å². The van der Waals surface area contributed by atoms with Crippen molar-refractivity contribution in [1.82, 2.24) is 25.0 Å². The van der Waals surface area contributed by atoms with Crippen LogP contribution in [-0.2, 0) is 19.5 Å². The van der Waals surface area contributed by atoms with Crippen LogP contribution in [0.2, 0.25) is 0 Å². The van der Waals surface area contributed by atoms with E-state index < -0.39 is 0 Å². The molecule has 0 radical (unpaired) electrons. The van der Waals surface area contributed by atoms with Gasteiger partial charge in [-0.1, -0.05) is 12.1 Å². The predicted molar refractivity (Wildman–Crippen MR) is 85.6 cm³/mol. The zero-order valence-electron chi connectivity index (χ0n) is 13.4. The van der Waals surface area contributed by atoms with E-state index in [2.05, 4.69) is 15.4 Å². The van der Waals surface area contributed by atoms with Crippen LogP contribution in [0.4, 0.5) is 9.18 Å². The van der Waals surface area contributed by atoms with Gasteiger partial charge in [-0.2, -0.15) is 5.10 Å². The fourth-order valence-corrected chi connectivity index (χ4v) is 3.24. The first-order valence-electron chi connectivity index (χ1n) is 8.28. The second-order valence-corrected chi connectivity index (χ2v) is 6.78. The van der Waals surface area contributed by atoms with Gasteiger partial charge in [0.1, 0.15) is 18.0 Å². The van der Waals surface area contributed by atoms with Crippen molar-refractivity contribution < 1.29 is 9.18 Å². The van der Waals surface area contributed by atoms with Crippen LogP contribution in [0.5, 0.6) is 0 Å². The van der Waals surface area contributed by atoms with Gasteiger partial charge in [0.15, 0.2) is 0 Å². The summed E-state index contributed by atoms with van der Waals surface area (Å²) in [6.45, 7) is 2.49. The van der Waals surface area contributed by atoms with E-state index in [1.807, 2.05) is 16.8 Å². The van der Waals surface area contributed by atoms with E-state index in [-0.39, 0.29) is 17.3 Å². The van der Waals surface area contributed by atoms with Gasteiger partial charge in [0, 0.05) is 13.1 Å². The Labute approximate surface area is 139 Å². The Bertz CT molecular complexity index is 738. The number of amides is 2. The van der Waals surface area contributed by atoms with Gasteiger partial charge < -0.3 is 10.2 Å². The lowest BCUT2D eigenvalue weighted by molar-refractivity contribution is 0.177. The minimum Gasteiger partial charge on any atom is -0.337 e. The molecule has 1 fully saturated rings. The maximum atomic E-state index is 13.0. The third-order valence-electron chi connectivity index (χ3n) is 4.96. The Kier molecular flexibility index (Phi) is 3.70. The maximum Gasteiger partial charge on any atom is 0.317 e. The number of carbonyl (C=O) groups excluding carboxylic acids is 1. The van der Waals surface area contributed by atoms with Gasteiger partial charge in [-0.05, 0) is 42.4 Å². The van der Waals surface area contributed by atoms with Crippen LogP contribution in [0.15, 0.2) is 30.6 Å². The van der Waals surface area contributed by atoms with E-state index in [0.29, 0.717) is 26.2 Å². The molecule has 0 unspecified atom stereocenters. The van der Waals surface area contributed by atoms with Gasteiger partial charge in [-0.25, -0.2) is 18.9 Å². The summed E-state index contributed by atoms with van der Waals surface area (Å²) in [6, 6.07) is 6.60. The molecule has 0 saturated heterocycles. The van der Waals surface area contributed by atoms with Crippen molar-refractivity contribution in [2.24, 2.45) is 5.41 Å². The number of hydrogen-bond donors (Lipinski definition) is 1. The predicted octanol–water partition coefficient (Wildman–Crippen LogP) is 1.97. The number of urea groups is 1. The van der Waals surface area contributed by atoms with Crippen LogP contribution in [-0.4, -0.2) is 38.8 Å². The second kappa shape index (κ2) is 5.89. The molecule has 4 rings (SSSR count). The highest BCUT2D eigenvalue weighted by Gasteiger charge is 2.42. The Morgan fingerprint density at radius 2 is 2.04 bits per heavy atom. The summed E-state index contributed by atoms with van der Waals surface area (Å²) in [5.74, 6) is 0.610. The fraction of sp³-hybridized carbons (Fsp3) is 0.471. The van der Waals surface area contributed by atoms with Crippen LogP contribution in [0.25, 0.3) is 0 Å². The van der Waals surface area contributed by atoms with Crippen molar-refractivity contribution in [2.45, 2.75) is 32.4 Å². The summed E-state index contributed by atoms with van der Waals surface area (Å²) in [5, 5.41) is 7.18. The Hall–Kier alpha value is -2.44. The molecule has 7 heteroatoms. The quantitative estimate of drug-likeness (QED) is 0.933. The lowest BCUT2D eigenvalue weighted by Gasteiger charge is -2.28. The molecule has 6 nitrogen and oxygen atoms in total. The molecule has 0 bridgehead atoms. The molecule has 2 aliphatic rings. The van der Waals surface area contributed by atoms with E-state index in [9.17, 15) is 9.18 Å². The summed E-state index contributed by atoms with van der Waals surface area (Å²) in [4.78, 5) is 18.4. The standard InChI is InChI=1S/C17H20FN5O/c18-14-3-1-13(2-4-14)9-17(5-6-17)11-19-16(24)22-7-8-23-15(10-22)20-12-21-23/h1-4,12H,5-11H2,(H,19,24). The molecule has 0 spiro atoms. The lowest BCUT2D eigenvalue weighted by Crippen LogP contribution is -2.46. The van der Waals surface area contributed by atoms with Crippen LogP contribution >= 0.6 is 0 Å². The van der Waals surface area contributed by atoms with Gasteiger partial charge in [-0.15, -0.1) is 0 Å². The Morgan fingerprint density at radius 1 is 1.25 bits per heavy atom. The molecular weight excluding hydrogens is 309 g/mol. The molecular formula is C17H20FN5O. The van der Waals surface area contributed by atoms with E-state index in [0.717, 1.165) is 30.7 Å². The third-order valence-corrected chi connectivity index (χ3v) is 4.96. The molecule has 2 aromatic rings. The van der Waals surface area contributed by atoms with Crippen LogP contribution in [0.3, 0.4) is 0 Å². The topological polar surface area (TPSA) is 63.1 Å². The highest BCUT2D eigenvalue weighted by molar-refractivity contribution is 5.74. The number of halogens is 1. The molecule has 126 valence electrons. The normalized spacial score (nSPS) is 18.1. The number of fused-ring (bicyclic) bond motifs is 1. The van der Waals surface area contributed by atoms with Crippen LogP contribution in [0.1, 0.15) is 24.2 Å². The molecule has 2 heterocycles. The number of carbonyl (C=O) groups is 1. The van der Waals surface area contributed by atoms with Crippen molar-refractivity contribution in [3.63, 3.8) is 0 Å². The minimum atomic E-state index is -0.213. The van der Waals surface area contributed by atoms with Crippen LogP contribution in [0, 0.1) is 11.2 Å². The van der Waals surface area contributed by atoms with Crippen LogP contribution < -0.4 is 5.32 Å². The monoisotopic (exact) mass is 329 g/mol. The third kappa shape index (κ3) is 3.11. The molecule has 0 atom stereocenters. The van der Waals surface area contributed by atoms with E-state index in [4.69, 9.17) is 0 Å². The number of nitrogens with zero attached hydrogens (tertiary/aromatic N) is 4. The fourth-order valence-electron chi connectivity index (χ4n) is 3.24. The van der Waals surface area contributed by atoms with E-state index >= 15 is 0 Å². The smallest absolute Gasteiger partial charge is 0.317 e. The average Bonchev–Trinajstić information content (AvgIpc) is 3.19. The minimum absolute atomic E-state index is 0.0466. The Morgan fingerprint density at radius 3 is 2.79 bits per heavy atom. The first kappa shape index (κ1) is 15.1. The molecule has 1 saturated carbocycles.